The largest absolute Gasteiger partial charge is 0.492 e. The van der Waals surface area contributed by atoms with Crippen LogP contribution in [0.15, 0.2) is 48.5 Å². The molecule has 6 heteroatoms. The summed E-state index contributed by atoms with van der Waals surface area (Å²) in [4.78, 5) is 37.6. The minimum absolute atomic E-state index is 0.131. The molecule has 0 spiro atoms. The smallest absolute Gasteiger partial charge is 0.261 e. The molecule has 2 aromatic rings. The molecule has 1 N–H and O–H groups in total. The lowest BCUT2D eigenvalue weighted by molar-refractivity contribution is -0.133. The van der Waals surface area contributed by atoms with Gasteiger partial charge in [-0.1, -0.05) is 35.9 Å². The summed E-state index contributed by atoms with van der Waals surface area (Å²) < 4.78 is 5.53. The highest BCUT2D eigenvalue weighted by molar-refractivity contribution is 6.11. The van der Waals surface area contributed by atoms with Crippen molar-refractivity contribution >= 4 is 17.7 Å². The van der Waals surface area contributed by atoms with Crippen LogP contribution in [-0.4, -0.2) is 42.3 Å². The molecule has 1 heterocycles. The fourth-order valence-corrected chi connectivity index (χ4v) is 2.75. The molecule has 0 aromatic heterocycles. The van der Waals surface area contributed by atoms with Gasteiger partial charge < -0.3 is 10.1 Å². The fraction of sp³-hybridized carbons (Fsp3) is 0.250. The monoisotopic (exact) mass is 352 g/mol. The number of aryl methyl sites for hydroxylation is 1. The molecule has 134 valence electrons. The number of carbonyl (C=O) groups is 3. The van der Waals surface area contributed by atoms with E-state index in [1.807, 2.05) is 31.2 Å². The van der Waals surface area contributed by atoms with Gasteiger partial charge in [0, 0.05) is 5.56 Å². The third-order valence-corrected chi connectivity index (χ3v) is 4.15. The number of hydrogen-bond acceptors (Lipinski definition) is 4. The lowest BCUT2D eigenvalue weighted by Crippen LogP contribution is -2.48. The number of nitrogens with one attached hydrogen (secondary N) is 1. The van der Waals surface area contributed by atoms with Gasteiger partial charge in [-0.25, -0.2) is 0 Å². The summed E-state index contributed by atoms with van der Waals surface area (Å²) in [6, 6.07) is 14.6. The Morgan fingerprint density at radius 3 is 2.62 bits per heavy atom. The van der Waals surface area contributed by atoms with Crippen molar-refractivity contribution in [2.24, 2.45) is 0 Å². The second-order valence-electron chi connectivity index (χ2n) is 6.13. The Bertz CT molecular complexity index is 830. The van der Waals surface area contributed by atoms with Crippen molar-refractivity contribution in [2.75, 3.05) is 19.7 Å². The molecular formula is C20H20N2O4. The van der Waals surface area contributed by atoms with E-state index in [0.29, 0.717) is 24.3 Å². The van der Waals surface area contributed by atoms with Crippen LogP contribution in [0.4, 0.5) is 0 Å². The predicted molar refractivity (Wildman–Crippen MR) is 95.9 cm³/mol. The molecule has 3 rings (SSSR count). The molecular weight excluding hydrogens is 332 g/mol. The van der Waals surface area contributed by atoms with Gasteiger partial charge in [0.05, 0.1) is 13.0 Å². The molecule has 6 nitrogen and oxygen atoms in total. The summed E-state index contributed by atoms with van der Waals surface area (Å²) in [6.07, 6.45) is 0.131. The molecule has 0 saturated heterocycles. The zero-order valence-corrected chi connectivity index (χ0v) is 14.5. The third-order valence-electron chi connectivity index (χ3n) is 4.15. The number of imide groups is 1. The van der Waals surface area contributed by atoms with Crippen LogP contribution in [0.3, 0.4) is 0 Å². The zero-order chi connectivity index (χ0) is 18.5. The van der Waals surface area contributed by atoms with Crippen molar-refractivity contribution in [3.63, 3.8) is 0 Å². The van der Waals surface area contributed by atoms with E-state index in [1.165, 1.54) is 0 Å². The summed E-state index contributed by atoms with van der Waals surface area (Å²) in [5.74, 6) is -0.455. The quantitative estimate of drug-likeness (QED) is 0.634. The molecule has 0 fully saturated rings. The Labute approximate surface area is 151 Å². The van der Waals surface area contributed by atoms with Crippen molar-refractivity contribution in [3.05, 3.63) is 65.2 Å². The van der Waals surface area contributed by atoms with Crippen molar-refractivity contribution in [2.45, 2.75) is 13.3 Å². The summed E-state index contributed by atoms with van der Waals surface area (Å²) in [5, 5.41) is 2.67. The first-order chi connectivity index (χ1) is 12.5. The van der Waals surface area contributed by atoms with Crippen molar-refractivity contribution in [1.82, 2.24) is 10.2 Å². The molecule has 0 bridgehead atoms. The maximum Gasteiger partial charge on any atom is 0.261 e. The highest BCUT2D eigenvalue weighted by Crippen LogP contribution is 2.19. The molecule has 3 amide bonds. The molecule has 0 unspecified atom stereocenters. The number of nitrogens with zero attached hydrogens (tertiary/aromatic N) is 1. The Balaban J connectivity index is 1.48. The topological polar surface area (TPSA) is 75.7 Å². The van der Waals surface area contributed by atoms with Crippen LogP contribution in [0.25, 0.3) is 0 Å². The third kappa shape index (κ3) is 4.08. The number of benzene rings is 2. The van der Waals surface area contributed by atoms with E-state index in [0.717, 1.165) is 16.2 Å². The molecule has 0 atom stereocenters. The lowest BCUT2D eigenvalue weighted by Gasteiger charge is -2.26. The van der Waals surface area contributed by atoms with Gasteiger partial charge in [-0.3, -0.25) is 19.3 Å². The van der Waals surface area contributed by atoms with Crippen LogP contribution in [-0.2, 0) is 16.0 Å². The van der Waals surface area contributed by atoms with E-state index in [-0.39, 0.29) is 18.9 Å². The molecule has 0 radical (unpaired) electrons. The predicted octanol–water partition coefficient (Wildman–Crippen LogP) is 1.72. The number of hydrogen-bond donors (Lipinski definition) is 1. The van der Waals surface area contributed by atoms with Crippen LogP contribution in [0, 0.1) is 6.92 Å². The average molecular weight is 352 g/mol. The van der Waals surface area contributed by atoms with Gasteiger partial charge in [-0.2, -0.15) is 0 Å². The Kier molecular flexibility index (Phi) is 5.31. The van der Waals surface area contributed by atoms with Gasteiger partial charge in [0.25, 0.3) is 5.91 Å². The summed E-state index contributed by atoms with van der Waals surface area (Å²) in [6.45, 7) is 2.31. The van der Waals surface area contributed by atoms with Gasteiger partial charge in [0.15, 0.2) is 0 Å². The average Bonchev–Trinajstić information content (AvgIpc) is 2.64. The molecule has 2 aromatic carbocycles. The van der Waals surface area contributed by atoms with Crippen molar-refractivity contribution < 1.29 is 19.1 Å². The number of carbonyl (C=O) groups excluding carboxylic acids is 3. The van der Waals surface area contributed by atoms with E-state index in [9.17, 15) is 14.4 Å². The van der Waals surface area contributed by atoms with E-state index in [1.54, 1.807) is 24.3 Å². The van der Waals surface area contributed by atoms with Crippen LogP contribution >= 0.6 is 0 Å². The highest BCUT2D eigenvalue weighted by Gasteiger charge is 2.31. The van der Waals surface area contributed by atoms with Crippen molar-refractivity contribution in [3.8, 4) is 5.75 Å². The van der Waals surface area contributed by atoms with E-state index in [2.05, 4.69) is 5.32 Å². The lowest BCUT2D eigenvalue weighted by atomic mass is 9.98. The van der Waals surface area contributed by atoms with E-state index < -0.39 is 11.8 Å². The highest BCUT2D eigenvalue weighted by atomic mass is 16.5. The first kappa shape index (κ1) is 17.7. The standard InChI is InChI=1S/C20H20N2O4/c1-14-6-8-16(9-7-14)26-11-10-21-18(23)13-22-19(24)12-15-4-2-3-5-17(15)20(22)25/h2-9H,10-13H2,1H3,(H,21,23). The number of amides is 3. The van der Waals surface area contributed by atoms with E-state index in [4.69, 9.17) is 4.74 Å². The summed E-state index contributed by atoms with van der Waals surface area (Å²) >= 11 is 0. The maximum absolute atomic E-state index is 12.4. The molecule has 26 heavy (non-hydrogen) atoms. The number of rotatable bonds is 6. The molecule has 1 aliphatic rings. The fourth-order valence-electron chi connectivity index (χ4n) is 2.75. The number of ether oxygens (including phenoxy) is 1. The Morgan fingerprint density at radius 2 is 1.85 bits per heavy atom. The Hall–Kier alpha value is -3.15. The van der Waals surface area contributed by atoms with Gasteiger partial charge in [-0.15, -0.1) is 0 Å². The SMILES string of the molecule is Cc1ccc(OCCNC(=O)CN2C(=O)Cc3ccccc3C2=O)cc1. The first-order valence-corrected chi connectivity index (χ1v) is 8.43. The number of fused-ring (bicyclic) bond motifs is 1. The Morgan fingerprint density at radius 1 is 1.12 bits per heavy atom. The van der Waals surface area contributed by atoms with Gasteiger partial charge >= 0.3 is 0 Å². The molecule has 0 saturated carbocycles. The van der Waals surface area contributed by atoms with Crippen LogP contribution in [0.2, 0.25) is 0 Å². The van der Waals surface area contributed by atoms with Crippen molar-refractivity contribution in [1.29, 1.82) is 0 Å². The zero-order valence-electron chi connectivity index (χ0n) is 14.5. The van der Waals surface area contributed by atoms with Gasteiger partial charge in [0.1, 0.15) is 18.9 Å². The minimum atomic E-state index is -0.428. The summed E-state index contributed by atoms with van der Waals surface area (Å²) in [7, 11) is 0. The summed E-state index contributed by atoms with van der Waals surface area (Å²) in [5.41, 5.74) is 2.32. The van der Waals surface area contributed by atoms with Crippen LogP contribution in [0.5, 0.6) is 5.75 Å². The minimum Gasteiger partial charge on any atom is -0.492 e. The van der Waals surface area contributed by atoms with Gasteiger partial charge in [0.2, 0.25) is 11.8 Å². The maximum atomic E-state index is 12.4. The molecule has 1 aliphatic heterocycles. The second kappa shape index (κ2) is 7.82. The second-order valence-corrected chi connectivity index (χ2v) is 6.13. The van der Waals surface area contributed by atoms with Crippen LogP contribution in [0.1, 0.15) is 21.5 Å². The molecule has 0 aliphatic carbocycles. The first-order valence-electron chi connectivity index (χ1n) is 8.43. The normalized spacial score (nSPS) is 13.3. The van der Waals surface area contributed by atoms with Gasteiger partial charge in [-0.05, 0) is 30.7 Å². The van der Waals surface area contributed by atoms with E-state index >= 15 is 0 Å². The van der Waals surface area contributed by atoms with Crippen LogP contribution < -0.4 is 10.1 Å².